The molecule has 0 fully saturated rings. The SMILES string of the molecule is CCCCS(=O)(=O)Nc1ccc(NCCC(C)C)cc1. The summed E-state index contributed by atoms with van der Waals surface area (Å²) >= 11 is 0. The molecule has 20 heavy (non-hydrogen) atoms. The molecule has 0 radical (unpaired) electrons. The summed E-state index contributed by atoms with van der Waals surface area (Å²) in [6.45, 7) is 7.29. The molecule has 0 unspecified atom stereocenters. The van der Waals surface area contributed by atoms with E-state index in [1.807, 2.05) is 19.1 Å². The van der Waals surface area contributed by atoms with Crippen LogP contribution >= 0.6 is 0 Å². The Kier molecular flexibility index (Phi) is 6.85. The van der Waals surface area contributed by atoms with Crippen molar-refractivity contribution in [2.45, 2.75) is 40.0 Å². The van der Waals surface area contributed by atoms with E-state index in [0.717, 1.165) is 25.1 Å². The first-order valence-corrected chi connectivity index (χ1v) is 8.92. The molecule has 0 aliphatic heterocycles. The van der Waals surface area contributed by atoms with Gasteiger partial charge in [-0.05, 0) is 43.0 Å². The van der Waals surface area contributed by atoms with Gasteiger partial charge in [0, 0.05) is 17.9 Å². The number of hydrogen-bond donors (Lipinski definition) is 2. The molecule has 2 N–H and O–H groups in total. The first-order chi connectivity index (χ1) is 9.43. The van der Waals surface area contributed by atoms with Gasteiger partial charge in [0.2, 0.25) is 10.0 Å². The minimum absolute atomic E-state index is 0.178. The Labute approximate surface area is 123 Å². The van der Waals surface area contributed by atoms with Gasteiger partial charge in [-0.1, -0.05) is 27.2 Å². The molecular formula is C15H26N2O2S. The standard InChI is InChI=1S/C15H26N2O2S/c1-4-5-12-20(18,19)17-15-8-6-14(7-9-15)16-11-10-13(2)3/h6-9,13,16-17H,4-5,10-12H2,1-3H3. The Hall–Kier alpha value is -1.23. The molecule has 0 amide bonds. The number of rotatable bonds is 9. The van der Waals surface area contributed by atoms with Crippen LogP contribution in [0.3, 0.4) is 0 Å². The van der Waals surface area contributed by atoms with Gasteiger partial charge >= 0.3 is 0 Å². The Morgan fingerprint density at radius 1 is 1.10 bits per heavy atom. The monoisotopic (exact) mass is 298 g/mol. The summed E-state index contributed by atoms with van der Waals surface area (Å²) in [6.07, 6.45) is 2.68. The van der Waals surface area contributed by atoms with E-state index in [9.17, 15) is 8.42 Å². The van der Waals surface area contributed by atoms with Crippen LogP contribution in [0.4, 0.5) is 11.4 Å². The third kappa shape index (κ3) is 6.80. The van der Waals surface area contributed by atoms with Crippen LogP contribution in [-0.2, 0) is 10.0 Å². The van der Waals surface area contributed by atoms with Crippen molar-refractivity contribution in [3.05, 3.63) is 24.3 Å². The summed E-state index contributed by atoms with van der Waals surface area (Å²) in [4.78, 5) is 0. The molecule has 0 bridgehead atoms. The number of benzene rings is 1. The van der Waals surface area contributed by atoms with Crippen LogP contribution in [0.2, 0.25) is 0 Å². The van der Waals surface area contributed by atoms with Crippen molar-refractivity contribution in [1.29, 1.82) is 0 Å². The van der Waals surface area contributed by atoms with Gasteiger partial charge in [-0.3, -0.25) is 4.72 Å². The maximum absolute atomic E-state index is 11.8. The van der Waals surface area contributed by atoms with Gasteiger partial charge < -0.3 is 5.32 Å². The first-order valence-electron chi connectivity index (χ1n) is 7.27. The number of sulfonamides is 1. The molecule has 0 aliphatic carbocycles. The summed E-state index contributed by atoms with van der Waals surface area (Å²) in [6, 6.07) is 7.39. The van der Waals surface area contributed by atoms with Crippen LogP contribution in [0.1, 0.15) is 40.0 Å². The van der Waals surface area contributed by atoms with Crippen molar-refractivity contribution in [3.63, 3.8) is 0 Å². The van der Waals surface area contributed by atoms with Crippen LogP contribution in [-0.4, -0.2) is 20.7 Å². The van der Waals surface area contributed by atoms with Gasteiger partial charge in [-0.25, -0.2) is 8.42 Å². The summed E-state index contributed by atoms with van der Waals surface area (Å²) in [5, 5.41) is 3.32. The van der Waals surface area contributed by atoms with Crippen molar-refractivity contribution in [1.82, 2.24) is 0 Å². The molecular weight excluding hydrogens is 272 g/mol. The summed E-state index contributed by atoms with van der Waals surface area (Å²) < 4.78 is 26.1. The van der Waals surface area contributed by atoms with E-state index in [0.29, 0.717) is 18.0 Å². The fourth-order valence-corrected chi connectivity index (χ4v) is 2.99. The zero-order valence-corrected chi connectivity index (χ0v) is 13.5. The van der Waals surface area contributed by atoms with E-state index in [1.54, 1.807) is 12.1 Å². The molecule has 5 heteroatoms. The maximum atomic E-state index is 11.8. The lowest BCUT2D eigenvalue weighted by Gasteiger charge is -2.10. The predicted octanol–water partition coefficient (Wildman–Crippen LogP) is 3.69. The Morgan fingerprint density at radius 3 is 2.25 bits per heavy atom. The lowest BCUT2D eigenvalue weighted by Crippen LogP contribution is -2.16. The topological polar surface area (TPSA) is 58.2 Å². The number of anilines is 2. The second-order valence-corrected chi connectivity index (χ2v) is 7.30. The first kappa shape index (κ1) is 16.8. The Bertz CT molecular complexity index is 481. The molecule has 0 spiro atoms. The lowest BCUT2D eigenvalue weighted by molar-refractivity contribution is 0.598. The van der Waals surface area contributed by atoms with Gasteiger partial charge in [-0.2, -0.15) is 0 Å². The minimum Gasteiger partial charge on any atom is -0.385 e. The maximum Gasteiger partial charge on any atom is 0.232 e. The highest BCUT2D eigenvalue weighted by atomic mass is 32.2. The van der Waals surface area contributed by atoms with E-state index in [2.05, 4.69) is 23.9 Å². The van der Waals surface area contributed by atoms with Gasteiger partial charge in [0.1, 0.15) is 0 Å². The van der Waals surface area contributed by atoms with Crippen molar-refractivity contribution < 1.29 is 8.42 Å². The van der Waals surface area contributed by atoms with E-state index in [-0.39, 0.29) is 5.75 Å². The largest absolute Gasteiger partial charge is 0.385 e. The average molecular weight is 298 g/mol. The zero-order valence-electron chi connectivity index (χ0n) is 12.6. The third-order valence-corrected chi connectivity index (χ3v) is 4.35. The van der Waals surface area contributed by atoms with Crippen LogP contribution in [0.5, 0.6) is 0 Å². The van der Waals surface area contributed by atoms with E-state index >= 15 is 0 Å². The highest BCUT2D eigenvalue weighted by Crippen LogP contribution is 2.15. The molecule has 0 saturated heterocycles. The van der Waals surface area contributed by atoms with Gasteiger partial charge in [-0.15, -0.1) is 0 Å². The Morgan fingerprint density at radius 2 is 1.70 bits per heavy atom. The summed E-state index contributed by atoms with van der Waals surface area (Å²) in [5.41, 5.74) is 1.64. The van der Waals surface area contributed by atoms with Crippen LogP contribution < -0.4 is 10.0 Å². The predicted molar refractivity (Wildman–Crippen MR) is 86.7 cm³/mol. The molecule has 1 aromatic rings. The zero-order chi connectivity index (χ0) is 15.0. The number of nitrogens with one attached hydrogen (secondary N) is 2. The quantitative estimate of drug-likeness (QED) is 0.731. The lowest BCUT2D eigenvalue weighted by atomic mass is 10.1. The molecule has 0 aromatic heterocycles. The molecule has 114 valence electrons. The van der Waals surface area contributed by atoms with Crippen LogP contribution in [0, 0.1) is 5.92 Å². The van der Waals surface area contributed by atoms with Crippen molar-refractivity contribution in [2.24, 2.45) is 5.92 Å². The second-order valence-electron chi connectivity index (χ2n) is 5.46. The molecule has 0 atom stereocenters. The van der Waals surface area contributed by atoms with Crippen molar-refractivity contribution in [3.8, 4) is 0 Å². The average Bonchev–Trinajstić information content (AvgIpc) is 2.38. The van der Waals surface area contributed by atoms with Gasteiger partial charge in [0.05, 0.1) is 5.75 Å². The molecule has 4 nitrogen and oxygen atoms in total. The fourth-order valence-electron chi connectivity index (χ4n) is 1.73. The molecule has 0 aliphatic rings. The van der Waals surface area contributed by atoms with Gasteiger partial charge in [0.25, 0.3) is 0 Å². The number of unbranched alkanes of at least 4 members (excludes halogenated alkanes) is 1. The highest BCUT2D eigenvalue weighted by Gasteiger charge is 2.09. The van der Waals surface area contributed by atoms with Crippen LogP contribution in [0.25, 0.3) is 0 Å². The molecule has 0 heterocycles. The smallest absolute Gasteiger partial charge is 0.232 e. The van der Waals surface area contributed by atoms with E-state index in [4.69, 9.17) is 0 Å². The van der Waals surface area contributed by atoms with Gasteiger partial charge in [0.15, 0.2) is 0 Å². The van der Waals surface area contributed by atoms with Crippen molar-refractivity contribution >= 4 is 21.4 Å². The fraction of sp³-hybridized carbons (Fsp3) is 0.600. The molecule has 1 aromatic carbocycles. The summed E-state index contributed by atoms with van der Waals surface area (Å²) in [5.74, 6) is 0.852. The molecule has 0 saturated carbocycles. The second kappa shape index (κ2) is 8.15. The van der Waals surface area contributed by atoms with Crippen molar-refractivity contribution in [2.75, 3.05) is 22.3 Å². The van der Waals surface area contributed by atoms with Crippen LogP contribution in [0.15, 0.2) is 24.3 Å². The molecule has 1 rings (SSSR count). The summed E-state index contributed by atoms with van der Waals surface area (Å²) in [7, 11) is -3.21. The Balaban J connectivity index is 2.50. The minimum atomic E-state index is -3.21. The highest BCUT2D eigenvalue weighted by molar-refractivity contribution is 7.92. The number of hydrogen-bond acceptors (Lipinski definition) is 3. The normalized spacial score (nSPS) is 11.6. The van der Waals surface area contributed by atoms with E-state index in [1.165, 1.54) is 0 Å². The third-order valence-electron chi connectivity index (χ3n) is 2.98. The van der Waals surface area contributed by atoms with E-state index < -0.39 is 10.0 Å².